The summed E-state index contributed by atoms with van der Waals surface area (Å²) in [7, 11) is 2.90. The summed E-state index contributed by atoms with van der Waals surface area (Å²) in [6.45, 7) is 1.29. The van der Waals surface area contributed by atoms with Crippen molar-refractivity contribution < 1.29 is 28.2 Å². The standard InChI is InChI=1S/C21H21FN2O5/c1-4-21(13-5-7-14(22)8-6-13)19(26)24(20(27)23-21)12-17(25)16-10-9-15(28-2)11-18(16)29-3/h5-11H,4,12H2,1-3H3,(H,23,27). The number of hydrogen-bond donors (Lipinski definition) is 1. The number of rotatable bonds is 7. The van der Waals surface area contributed by atoms with Gasteiger partial charge in [-0.25, -0.2) is 9.18 Å². The predicted molar refractivity (Wildman–Crippen MR) is 102 cm³/mol. The highest BCUT2D eigenvalue weighted by Gasteiger charge is 2.51. The molecular formula is C21H21FN2O5. The van der Waals surface area contributed by atoms with Crippen LogP contribution in [0.5, 0.6) is 11.5 Å². The lowest BCUT2D eigenvalue weighted by molar-refractivity contribution is -0.131. The first-order valence-electron chi connectivity index (χ1n) is 9.01. The van der Waals surface area contributed by atoms with Crippen LogP contribution in [0.25, 0.3) is 0 Å². The van der Waals surface area contributed by atoms with Gasteiger partial charge in [-0.15, -0.1) is 0 Å². The van der Waals surface area contributed by atoms with Crippen molar-refractivity contribution in [1.82, 2.24) is 10.2 Å². The zero-order valence-corrected chi connectivity index (χ0v) is 16.3. The number of nitrogens with zero attached hydrogens (tertiary/aromatic N) is 1. The van der Waals surface area contributed by atoms with Crippen molar-refractivity contribution in [2.24, 2.45) is 0 Å². The van der Waals surface area contributed by atoms with Gasteiger partial charge in [0.2, 0.25) is 0 Å². The number of ether oxygens (including phenoxy) is 2. The van der Waals surface area contributed by atoms with E-state index in [0.717, 1.165) is 4.90 Å². The molecule has 8 heteroatoms. The van der Waals surface area contributed by atoms with Gasteiger partial charge in [-0.2, -0.15) is 0 Å². The third-order valence-electron chi connectivity index (χ3n) is 5.05. The van der Waals surface area contributed by atoms with Gasteiger partial charge in [-0.1, -0.05) is 19.1 Å². The van der Waals surface area contributed by atoms with E-state index in [9.17, 15) is 18.8 Å². The summed E-state index contributed by atoms with van der Waals surface area (Å²) in [6.07, 6.45) is 0.250. The molecule has 1 heterocycles. The number of ketones is 1. The van der Waals surface area contributed by atoms with Crippen LogP contribution in [0, 0.1) is 5.82 Å². The Morgan fingerprint density at radius 3 is 2.38 bits per heavy atom. The van der Waals surface area contributed by atoms with Crippen LogP contribution >= 0.6 is 0 Å². The quantitative estimate of drug-likeness (QED) is 0.571. The number of benzene rings is 2. The van der Waals surface area contributed by atoms with Crippen molar-refractivity contribution in [2.45, 2.75) is 18.9 Å². The summed E-state index contributed by atoms with van der Waals surface area (Å²) in [5.41, 5.74) is -0.656. The van der Waals surface area contributed by atoms with E-state index in [1.54, 1.807) is 19.1 Å². The highest BCUT2D eigenvalue weighted by atomic mass is 19.1. The molecule has 0 aliphatic carbocycles. The Hall–Kier alpha value is -3.42. The number of nitrogens with one attached hydrogen (secondary N) is 1. The fourth-order valence-electron chi connectivity index (χ4n) is 3.40. The van der Waals surface area contributed by atoms with Gasteiger partial charge in [-0.3, -0.25) is 14.5 Å². The van der Waals surface area contributed by atoms with E-state index >= 15 is 0 Å². The van der Waals surface area contributed by atoms with Crippen molar-refractivity contribution in [2.75, 3.05) is 20.8 Å². The number of urea groups is 1. The summed E-state index contributed by atoms with van der Waals surface area (Å²) < 4.78 is 23.6. The molecule has 0 aromatic heterocycles. The molecule has 7 nitrogen and oxygen atoms in total. The third-order valence-corrected chi connectivity index (χ3v) is 5.05. The lowest BCUT2D eigenvalue weighted by atomic mass is 9.87. The van der Waals surface area contributed by atoms with Crippen LogP contribution < -0.4 is 14.8 Å². The van der Waals surface area contributed by atoms with Crippen molar-refractivity contribution in [3.63, 3.8) is 0 Å². The number of imide groups is 1. The van der Waals surface area contributed by atoms with E-state index in [1.807, 2.05) is 0 Å². The normalized spacial score (nSPS) is 18.6. The second-order valence-corrected chi connectivity index (χ2v) is 6.58. The van der Waals surface area contributed by atoms with E-state index in [4.69, 9.17) is 9.47 Å². The maximum absolute atomic E-state index is 13.3. The number of Topliss-reactive ketones (excluding diaryl/α,β-unsaturated/α-hetero) is 1. The van der Waals surface area contributed by atoms with Crippen LogP contribution in [-0.4, -0.2) is 43.4 Å². The van der Waals surface area contributed by atoms with Gasteiger partial charge in [0.25, 0.3) is 5.91 Å². The van der Waals surface area contributed by atoms with Gasteiger partial charge in [0.05, 0.1) is 26.3 Å². The highest BCUT2D eigenvalue weighted by molar-refractivity contribution is 6.12. The number of methoxy groups -OCH3 is 2. The van der Waals surface area contributed by atoms with E-state index in [1.165, 1.54) is 44.6 Å². The van der Waals surface area contributed by atoms with Gasteiger partial charge >= 0.3 is 6.03 Å². The zero-order chi connectivity index (χ0) is 21.2. The minimum Gasteiger partial charge on any atom is -0.497 e. The Morgan fingerprint density at radius 1 is 1.10 bits per heavy atom. The largest absolute Gasteiger partial charge is 0.497 e. The Morgan fingerprint density at radius 2 is 1.79 bits per heavy atom. The number of hydrogen-bond acceptors (Lipinski definition) is 5. The number of halogens is 1. The molecule has 1 aliphatic rings. The maximum atomic E-state index is 13.3. The minimum atomic E-state index is -1.34. The molecule has 1 aliphatic heterocycles. The van der Waals surface area contributed by atoms with Crippen LogP contribution in [0.4, 0.5) is 9.18 Å². The maximum Gasteiger partial charge on any atom is 0.325 e. The first-order chi connectivity index (χ1) is 13.9. The van der Waals surface area contributed by atoms with E-state index in [-0.39, 0.29) is 17.7 Å². The SMILES string of the molecule is CCC1(c2ccc(F)cc2)NC(=O)N(CC(=O)c2ccc(OC)cc2OC)C1=O. The molecule has 0 radical (unpaired) electrons. The monoisotopic (exact) mass is 400 g/mol. The first kappa shape index (κ1) is 20.3. The fourth-order valence-corrected chi connectivity index (χ4v) is 3.40. The Bertz CT molecular complexity index is 960. The lowest BCUT2D eigenvalue weighted by Crippen LogP contribution is -2.43. The Kier molecular flexibility index (Phi) is 5.54. The predicted octanol–water partition coefficient (Wildman–Crippen LogP) is 2.88. The molecule has 0 bridgehead atoms. The van der Waals surface area contributed by atoms with E-state index in [2.05, 4.69) is 5.32 Å². The second-order valence-electron chi connectivity index (χ2n) is 6.58. The number of carbonyl (C=O) groups is 3. The van der Waals surface area contributed by atoms with Gasteiger partial charge in [0.15, 0.2) is 5.78 Å². The van der Waals surface area contributed by atoms with Crippen molar-refractivity contribution in [1.29, 1.82) is 0 Å². The molecule has 0 saturated carbocycles. The zero-order valence-electron chi connectivity index (χ0n) is 16.3. The highest BCUT2D eigenvalue weighted by Crippen LogP contribution is 2.33. The molecule has 1 atom stereocenters. The molecular weight excluding hydrogens is 379 g/mol. The van der Waals surface area contributed by atoms with E-state index in [0.29, 0.717) is 11.3 Å². The van der Waals surface area contributed by atoms with Crippen molar-refractivity contribution >= 4 is 17.7 Å². The number of carbonyl (C=O) groups excluding carboxylic acids is 3. The second kappa shape index (κ2) is 7.90. The summed E-state index contributed by atoms with van der Waals surface area (Å²) in [4.78, 5) is 39.3. The molecule has 152 valence electrons. The van der Waals surface area contributed by atoms with Crippen molar-refractivity contribution in [3.05, 3.63) is 59.4 Å². The summed E-state index contributed by atoms with van der Waals surface area (Å²) in [6, 6.07) is 9.34. The average molecular weight is 400 g/mol. The van der Waals surface area contributed by atoms with Gasteiger partial charge in [0, 0.05) is 6.07 Å². The Balaban J connectivity index is 1.88. The van der Waals surface area contributed by atoms with Crippen LogP contribution in [0.2, 0.25) is 0 Å². The van der Waals surface area contributed by atoms with Gasteiger partial charge < -0.3 is 14.8 Å². The van der Waals surface area contributed by atoms with Crippen LogP contribution in [0.1, 0.15) is 29.3 Å². The van der Waals surface area contributed by atoms with Gasteiger partial charge in [-0.05, 0) is 36.2 Å². The molecule has 1 saturated heterocycles. The van der Waals surface area contributed by atoms with Crippen LogP contribution in [0.15, 0.2) is 42.5 Å². The molecule has 3 rings (SSSR count). The molecule has 2 aromatic carbocycles. The molecule has 29 heavy (non-hydrogen) atoms. The first-order valence-corrected chi connectivity index (χ1v) is 9.01. The molecule has 1 fully saturated rings. The smallest absolute Gasteiger partial charge is 0.325 e. The molecule has 1 N–H and O–H groups in total. The lowest BCUT2D eigenvalue weighted by Gasteiger charge is -2.25. The van der Waals surface area contributed by atoms with Crippen molar-refractivity contribution in [3.8, 4) is 11.5 Å². The topological polar surface area (TPSA) is 84.9 Å². The minimum absolute atomic E-state index is 0.227. The van der Waals surface area contributed by atoms with E-state index < -0.39 is 35.6 Å². The summed E-state index contributed by atoms with van der Waals surface area (Å²) >= 11 is 0. The molecule has 0 spiro atoms. The Labute approximate surface area is 167 Å². The third kappa shape index (κ3) is 3.53. The average Bonchev–Trinajstić information content (AvgIpc) is 2.98. The van der Waals surface area contributed by atoms with Crippen LogP contribution in [0.3, 0.4) is 0 Å². The molecule has 2 aromatic rings. The van der Waals surface area contributed by atoms with Crippen LogP contribution in [-0.2, 0) is 10.3 Å². The summed E-state index contributed by atoms with van der Waals surface area (Å²) in [5.74, 6) is -0.678. The summed E-state index contributed by atoms with van der Waals surface area (Å²) in [5, 5.41) is 2.67. The molecule has 1 unspecified atom stereocenters. The number of amides is 3. The molecule has 3 amide bonds. The van der Waals surface area contributed by atoms with Gasteiger partial charge in [0.1, 0.15) is 22.9 Å². The fraction of sp³-hybridized carbons (Fsp3) is 0.286.